The topological polar surface area (TPSA) is 58.2 Å². The number of hydrogen-bond donors (Lipinski definition) is 2. The number of carbonyl (C=O) groups is 2. The zero-order valence-electron chi connectivity index (χ0n) is 21.2. The highest BCUT2D eigenvalue weighted by Gasteiger charge is 2.23. The average Bonchev–Trinajstić information content (AvgIpc) is 2.88. The van der Waals surface area contributed by atoms with Gasteiger partial charge in [-0.15, -0.1) is 0 Å². The molecule has 0 saturated heterocycles. The predicted molar refractivity (Wildman–Crippen MR) is 153 cm³/mol. The molecule has 0 radical (unpaired) electrons. The first-order chi connectivity index (χ1) is 17.5. The van der Waals surface area contributed by atoms with Crippen molar-refractivity contribution in [3.8, 4) is 0 Å². The smallest absolute Gasteiger partial charge is 0.255 e. The average molecular weight is 531 g/mol. The van der Waals surface area contributed by atoms with E-state index in [1.54, 1.807) is 24.3 Å². The van der Waals surface area contributed by atoms with Crippen LogP contribution in [0.2, 0.25) is 10.0 Å². The molecule has 0 heterocycles. The molecule has 4 aromatic carbocycles. The fourth-order valence-corrected chi connectivity index (χ4v) is 4.34. The summed E-state index contributed by atoms with van der Waals surface area (Å²) in [5, 5.41) is 6.98. The molecule has 188 valence electrons. The van der Waals surface area contributed by atoms with Gasteiger partial charge < -0.3 is 10.6 Å². The van der Waals surface area contributed by atoms with Crippen molar-refractivity contribution in [3.05, 3.63) is 128 Å². The molecule has 0 bridgehead atoms. The number of hydrogen-bond acceptors (Lipinski definition) is 2. The summed E-state index contributed by atoms with van der Waals surface area (Å²) >= 11 is 12.3. The van der Waals surface area contributed by atoms with Crippen LogP contribution < -0.4 is 10.6 Å². The summed E-state index contributed by atoms with van der Waals surface area (Å²) in [6.07, 6.45) is 0. The Hall–Kier alpha value is -3.60. The van der Waals surface area contributed by atoms with Gasteiger partial charge in [-0.05, 0) is 84.6 Å². The molecule has 37 heavy (non-hydrogen) atoms. The minimum atomic E-state index is -0.292. The quantitative estimate of drug-likeness (QED) is 0.262. The number of nitrogens with one attached hydrogen (secondary N) is 2. The monoisotopic (exact) mass is 530 g/mol. The highest BCUT2D eigenvalue weighted by molar-refractivity contribution is 6.32. The van der Waals surface area contributed by atoms with Crippen LogP contribution in [0.5, 0.6) is 0 Å². The Balaban J connectivity index is 1.43. The number of halogens is 2. The van der Waals surface area contributed by atoms with Gasteiger partial charge >= 0.3 is 0 Å². The van der Waals surface area contributed by atoms with Crippen LogP contribution in [0.15, 0.2) is 84.9 Å². The maximum atomic E-state index is 12.6. The Labute approximate surface area is 227 Å². The van der Waals surface area contributed by atoms with Gasteiger partial charge in [0.1, 0.15) is 0 Å². The normalized spacial score (nSPS) is 11.2. The molecule has 0 atom stereocenters. The summed E-state index contributed by atoms with van der Waals surface area (Å²) in [5.41, 5.74) is 6.18. The van der Waals surface area contributed by atoms with Gasteiger partial charge in [-0.1, -0.05) is 73.4 Å². The van der Waals surface area contributed by atoms with Crippen molar-refractivity contribution < 1.29 is 9.59 Å². The second kappa shape index (κ2) is 10.8. The van der Waals surface area contributed by atoms with Crippen LogP contribution >= 0.6 is 23.2 Å². The molecule has 0 unspecified atom stereocenters. The predicted octanol–water partition coefficient (Wildman–Crippen LogP) is 8.44. The molecule has 2 amide bonds. The maximum absolute atomic E-state index is 12.6. The highest BCUT2D eigenvalue weighted by Crippen LogP contribution is 2.33. The highest BCUT2D eigenvalue weighted by atomic mass is 35.5. The van der Waals surface area contributed by atoms with Crippen molar-refractivity contribution in [2.75, 3.05) is 10.6 Å². The fourth-order valence-electron chi connectivity index (χ4n) is 3.98. The molecular weight excluding hydrogens is 503 g/mol. The van der Waals surface area contributed by atoms with Crippen LogP contribution in [0.4, 0.5) is 11.4 Å². The molecule has 6 heteroatoms. The van der Waals surface area contributed by atoms with Gasteiger partial charge in [-0.3, -0.25) is 9.59 Å². The lowest BCUT2D eigenvalue weighted by Crippen LogP contribution is -2.19. The zero-order valence-corrected chi connectivity index (χ0v) is 22.7. The Morgan fingerprint density at radius 2 is 0.946 bits per heavy atom. The molecule has 0 aromatic heterocycles. The molecule has 4 nitrogen and oxygen atoms in total. The molecule has 0 aliphatic carbocycles. The lowest BCUT2D eigenvalue weighted by Gasteiger charge is -2.26. The lowest BCUT2D eigenvalue weighted by molar-refractivity contribution is 0.101. The largest absolute Gasteiger partial charge is 0.322 e. The molecule has 0 aliphatic heterocycles. The van der Waals surface area contributed by atoms with Crippen LogP contribution in [0.25, 0.3) is 0 Å². The van der Waals surface area contributed by atoms with Crippen molar-refractivity contribution in [1.82, 2.24) is 0 Å². The Kier molecular flexibility index (Phi) is 7.72. The van der Waals surface area contributed by atoms with Gasteiger partial charge in [0.05, 0.1) is 0 Å². The van der Waals surface area contributed by atoms with Gasteiger partial charge in [0.2, 0.25) is 0 Å². The molecule has 0 spiro atoms. The Morgan fingerprint density at radius 1 is 0.595 bits per heavy atom. The molecule has 4 rings (SSSR count). The summed E-state index contributed by atoms with van der Waals surface area (Å²) in [4.78, 5) is 25.2. The van der Waals surface area contributed by atoms with Gasteiger partial charge in [0.15, 0.2) is 0 Å². The third-order valence-corrected chi connectivity index (χ3v) is 7.41. The minimum absolute atomic E-state index is 0.209. The summed E-state index contributed by atoms with van der Waals surface area (Å²) in [7, 11) is 0. The van der Waals surface area contributed by atoms with E-state index in [1.165, 1.54) is 0 Å². The number of carbonyl (C=O) groups excluding carboxylic acids is 2. The van der Waals surface area contributed by atoms with E-state index in [4.69, 9.17) is 23.2 Å². The van der Waals surface area contributed by atoms with Crippen molar-refractivity contribution >= 4 is 46.4 Å². The summed E-state index contributed by atoms with van der Waals surface area (Å²) in [6, 6.07) is 26.1. The van der Waals surface area contributed by atoms with Crippen LogP contribution in [-0.4, -0.2) is 11.8 Å². The fraction of sp³-hybridized carbons (Fsp3) is 0.161. The van der Waals surface area contributed by atoms with Gasteiger partial charge in [0.25, 0.3) is 11.8 Å². The third-order valence-electron chi connectivity index (χ3n) is 6.60. The number of anilines is 2. The van der Waals surface area contributed by atoms with Crippen LogP contribution in [-0.2, 0) is 5.41 Å². The molecule has 0 fully saturated rings. The first-order valence-corrected chi connectivity index (χ1v) is 12.7. The molecule has 2 N–H and O–H groups in total. The molecule has 0 saturated carbocycles. The van der Waals surface area contributed by atoms with Gasteiger partial charge in [-0.25, -0.2) is 0 Å². The second-order valence-corrected chi connectivity index (χ2v) is 10.4. The van der Waals surface area contributed by atoms with E-state index in [2.05, 4.69) is 24.5 Å². The first kappa shape index (κ1) is 26.5. The maximum Gasteiger partial charge on any atom is 0.255 e. The van der Waals surface area contributed by atoms with Crippen molar-refractivity contribution in [2.24, 2.45) is 0 Å². The first-order valence-electron chi connectivity index (χ1n) is 11.9. The minimum Gasteiger partial charge on any atom is -0.322 e. The standard InChI is InChI=1S/C31H28Cl2N2O2/c1-19-5-7-21(17-27(19)32)29(36)34-25-13-9-23(10-14-25)31(3,4)24-11-15-26(16-12-24)35-30(37)22-8-6-20(2)28(33)18-22/h5-18H,1-4H3,(H,34,36)(H,35,37). The van der Waals surface area contributed by atoms with E-state index in [9.17, 15) is 9.59 Å². The number of amides is 2. The van der Waals surface area contributed by atoms with Crippen LogP contribution in [0.3, 0.4) is 0 Å². The zero-order chi connectivity index (χ0) is 26.7. The van der Waals surface area contributed by atoms with E-state index in [-0.39, 0.29) is 17.2 Å². The molecule has 4 aromatic rings. The SMILES string of the molecule is Cc1ccc(C(=O)Nc2ccc(C(C)(C)c3ccc(NC(=O)c4ccc(C)c(Cl)c4)cc3)cc2)cc1Cl. The van der Waals surface area contributed by atoms with Gasteiger partial charge in [0, 0.05) is 38.0 Å². The van der Waals surface area contributed by atoms with Crippen molar-refractivity contribution in [1.29, 1.82) is 0 Å². The molecule has 0 aliphatic rings. The second-order valence-electron chi connectivity index (χ2n) is 9.62. The summed E-state index contributed by atoms with van der Waals surface area (Å²) in [5.74, 6) is -0.418. The summed E-state index contributed by atoms with van der Waals surface area (Å²) in [6.45, 7) is 8.07. The van der Waals surface area contributed by atoms with Gasteiger partial charge in [-0.2, -0.15) is 0 Å². The Bertz CT molecular complexity index is 1350. The van der Waals surface area contributed by atoms with Crippen molar-refractivity contribution in [2.45, 2.75) is 33.1 Å². The van der Waals surface area contributed by atoms with Crippen LogP contribution in [0, 0.1) is 13.8 Å². The molecular formula is C31H28Cl2N2O2. The van der Waals surface area contributed by atoms with Crippen LogP contribution in [0.1, 0.15) is 56.8 Å². The van der Waals surface area contributed by atoms with E-state index >= 15 is 0 Å². The third kappa shape index (κ3) is 6.04. The van der Waals surface area contributed by atoms with E-state index in [0.29, 0.717) is 32.5 Å². The van der Waals surface area contributed by atoms with E-state index < -0.39 is 0 Å². The Morgan fingerprint density at radius 3 is 1.27 bits per heavy atom. The van der Waals surface area contributed by atoms with E-state index in [0.717, 1.165) is 22.3 Å². The summed E-state index contributed by atoms with van der Waals surface area (Å²) < 4.78 is 0. The van der Waals surface area contributed by atoms with Crippen molar-refractivity contribution in [3.63, 3.8) is 0 Å². The number of aryl methyl sites for hydroxylation is 2. The lowest BCUT2D eigenvalue weighted by atomic mass is 9.78. The number of rotatable bonds is 6. The number of benzene rings is 4. The van der Waals surface area contributed by atoms with E-state index in [1.807, 2.05) is 74.5 Å².